The van der Waals surface area contributed by atoms with Crippen molar-refractivity contribution < 1.29 is 23.1 Å². The van der Waals surface area contributed by atoms with E-state index in [1.165, 1.54) is 0 Å². The number of aliphatic imine (C=N–C) groups is 1. The first-order chi connectivity index (χ1) is 6.85. The van der Waals surface area contributed by atoms with Crippen LogP contribution in [0.3, 0.4) is 0 Å². The Bertz CT molecular complexity index is 432. The van der Waals surface area contributed by atoms with Gasteiger partial charge in [0.15, 0.2) is 0 Å². The molecule has 1 N–H and O–H groups in total. The van der Waals surface area contributed by atoms with E-state index < -0.39 is 20.9 Å². The molecule has 6 nitrogen and oxygen atoms in total. The third-order valence-corrected chi connectivity index (χ3v) is 3.37. The van der Waals surface area contributed by atoms with Gasteiger partial charge in [-0.25, -0.2) is 18.2 Å². The summed E-state index contributed by atoms with van der Waals surface area (Å²) in [6, 6.07) is 0. The second-order valence-electron chi connectivity index (χ2n) is 3.20. The van der Waals surface area contributed by atoms with Crippen molar-refractivity contribution in [2.75, 3.05) is 6.61 Å². The van der Waals surface area contributed by atoms with E-state index in [-0.39, 0.29) is 17.6 Å². The van der Waals surface area contributed by atoms with E-state index in [0.717, 1.165) is 6.20 Å². The van der Waals surface area contributed by atoms with Gasteiger partial charge in [0.1, 0.15) is 0 Å². The molecule has 1 aliphatic heterocycles. The molecule has 0 atom stereocenters. The zero-order valence-electron chi connectivity index (χ0n) is 8.30. The first-order valence-corrected chi connectivity index (χ1v) is 5.71. The lowest BCUT2D eigenvalue weighted by Crippen LogP contribution is -2.24. The minimum absolute atomic E-state index is 0.117. The summed E-state index contributed by atoms with van der Waals surface area (Å²) < 4.78 is 28.0. The fourth-order valence-electron chi connectivity index (χ4n) is 0.927. The highest BCUT2D eigenvalue weighted by Crippen LogP contribution is 2.18. The Balaban J connectivity index is 2.80. The van der Waals surface area contributed by atoms with Gasteiger partial charge in [-0.3, -0.25) is 0 Å². The molecule has 0 fully saturated rings. The van der Waals surface area contributed by atoms with E-state index >= 15 is 0 Å². The molecule has 15 heavy (non-hydrogen) atoms. The average Bonchev–Trinajstić information content (AvgIpc) is 2.37. The van der Waals surface area contributed by atoms with Crippen molar-refractivity contribution in [1.29, 1.82) is 0 Å². The van der Waals surface area contributed by atoms with Gasteiger partial charge in [-0.2, -0.15) is 0 Å². The van der Waals surface area contributed by atoms with E-state index in [9.17, 15) is 13.2 Å². The van der Waals surface area contributed by atoms with Crippen LogP contribution in [-0.2, 0) is 19.4 Å². The summed E-state index contributed by atoms with van der Waals surface area (Å²) in [5.41, 5.74) is 0. The summed E-state index contributed by atoms with van der Waals surface area (Å²) in [6.45, 7) is 3.35. The predicted octanol–water partition coefficient (Wildman–Crippen LogP) is 0.164. The number of sulfone groups is 1. The molecule has 84 valence electrons. The van der Waals surface area contributed by atoms with Crippen molar-refractivity contribution in [3.8, 4) is 0 Å². The first kappa shape index (κ1) is 11.9. The lowest BCUT2D eigenvalue weighted by atomic mass is 10.5. The Kier molecular flexibility index (Phi) is 3.25. The summed E-state index contributed by atoms with van der Waals surface area (Å²) in [6.07, 6.45) is 0.885. The molecule has 0 unspecified atom stereocenters. The molecule has 1 heterocycles. The Morgan fingerprint density at radius 2 is 2.20 bits per heavy atom. The minimum atomic E-state index is -3.94. The Labute approximate surface area is 87.2 Å². The Morgan fingerprint density at radius 1 is 1.60 bits per heavy atom. The molecular weight excluding hydrogens is 222 g/mol. The van der Waals surface area contributed by atoms with Gasteiger partial charge >= 0.3 is 5.97 Å². The zero-order valence-corrected chi connectivity index (χ0v) is 9.11. The number of nitrogens with zero attached hydrogens (tertiary/aromatic N) is 1. The van der Waals surface area contributed by atoms with Crippen molar-refractivity contribution in [2.24, 2.45) is 4.99 Å². The zero-order chi connectivity index (χ0) is 11.6. The van der Waals surface area contributed by atoms with Crippen LogP contribution in [0.5, 0.6) is 0 Å². The summed E-state index contributed by atoms with van der Waals surface area (Å²) in [4.78, 5) is 13.7. The SMILES string of the molecule is CC(C)OCC1=CN=C(C(=O)O)S1(=O)=O. The third kappa shape index (κ3) is 2.42. The van der Waals surface area contributed by atoms with E-state index in [2.05, 4.69) is 4.99 Å². The molecule has 0 aromatic carbocycles. The molecule has 1 aliphatic rings. The van der Waals surface area contributed by atoms with E-state index in [1.807, 2.05) is 0 Å². The van der Waals surface area contributed by atoms with Gasteiger partial charge in [-0.05, 0) is 13.8 Å². The molecule has 0 aromatic heterocycles. The van der Waals surface area contributed by atoms with Crippen LogP contribution >= 0.6 is 0 Å². The maximum Gasteiger partial charge on any atom is 0.366 e. The number of hydrogen-bond donors (Lipinski definition) is 1. The van der Waals surface area contributed by atoms with Crippen LogP contribution in [0.4, 0.5) is 0 Å². The van der Waals surface area contributed by atoms with Crippen LogP contribution in [0.15, 0.2) is 16.1 Å². The summed E-state index contributed by atoms with van der Waals surface area (Å²) >= 11 is 0. The smallest absolute Gasteiger partial charge is 0.366 e. The maximum atomic E-state index is 11.5. The van der Waals surface area contributed by atoms with Crippen LogP contribution in [0.25, 0.3) is 0 Å². The topological polar surface area (TPSA) is 93.0 Å². The minimum Gasteiger partial charge on any atom is -0.476 e. The largest absolute Gasteiger partial charge is 0.476 e. The highest BCUT2D eigenvalue weighted by Gasteiger charge is 2.34. The van der Waals surface area contributed by atoms with E-state index in [0.29, 0.717) is 0 Å². The third-order valence-electron chi connectivity index (χ3n) is 1.67. The van der Waals surface area contributed by atoms with Crippen molar-refractivity contribution in [2.45, 2.75) is 20.0 Å². The number of carboxylic acids is 1. The predicted molar refractivity (Wildman–Crippen MR) is 53.2 cm³/mol. The molecule has 0 saturated carbocycles. The molecule has 7 heteroatoms. The summed E-state index contributed by atoms with van der Waals surface area (Å²) in [5.74, 6) is -1.55. The van der Waals surface area contributed by atoms with E-state index in [1.54, 1.807) is 13.8 Å². The first-order valence-electron chi connectivity index (χ1n) is 4.22. The maximum absolute atomic E-state index is 11.5. The number of ether oxygens (including phenoxy) is 1. The van der Waals surface area contributed by atoms with E-state index in [4.69, 9.17) is 9.84 Å². The van der Waals surface area contributed by atoms with Gasteiger partial charge in [-0.1, -0.05) is 0 Å². The molecule has 0 amide bonds. The quantitative estimate of drug-likeness (QED) is 0.746. The van der Waals surface area contributed by atoms with Crippen LogP contribution in [0, 0.1) is 0 Å². The van der Waals surface area contributed by atoms with Gasteiger partial charge in [0.05, 0.1) is 17.6 Å². The fraction of sp³-hybridized carbons (Fsp3) is 0.500. The molecule has 0 aromatic rings. The normalized spacial score (nSPS) is 18.9. The van der Waals surface area contributed by atoms with Crippen molar-refractivity contribution in [3.05, 3.63) is 11.1 Å². The van der Waals surface area contributed by atoms with Gasteiger partial charge in [0, 0.05) is 6.20 Å². The second-order valence-corrected chi connectivity index (χ2v) is 5.12. The molecule has 1 rings (SSSR count). The van der Waals surface area contributed by atoms with Gasteiger partial charge in [-0.15, -0.1) is 0 Å². The van der Waals surface area contributed by atoms with Crippen LogP contribution < -0.4 is 0 Å². The van der Waals surface area contributed by atoms with Crippen molar-refractivity contribution in [3.63, 3.8) is 0 Å². The summed E-state index contributed by atoms with van der Waals surface area (Å²) in [5, 5.41) is 7.72. The number of hydrogen-bond acceptors (Lipinski definition) is 5. The molecule has 0 aliphatic carbocycles. The van der Waals surface area contributed by atoms with Crippen molar-refractivity contribution >= 4 is 20.9 Å². The lowest BCUT2D eigenvalue weighted by molar-refractivity contribution is -0.129. The monoisotopic (exact) mass is 233 g/mol. The number of aliphatic carboxylic acids is 1. The lowest BCUT2D eigenvalue weighted by Gasteiger charge is -2.07. The van der Waals surface area contributed by atoms with Gasteiger partial charge < -0.3 is 9.84 Å². The van der Waals surface area contributed by atoms with Crippen molar-refractivity contribution in [1.82, 2.24) is 0 Å². The second kappa shape index (κ2) is 4.11. The standard InChI is InChI=1S/C8H11NO5S/c1-5(2)14-4-6-3-9-7(8(10)11)15(6,12)13/h3,5H,4H2,1-2H3,(H,10,11). The average molecular weight is 233 g/mol. The van der Waals surface area contributed by atoms with Gasteiger partial charge in [0.25, 0.3) is 0 Å². The summed E-state index contributed by atoms with van der Waals surface area (Å²) in [7, 11) is -3.94. The van der Waals surface area contributed by atoms with Gasteiger partial charge in [0.2, 0.25) is 14.9 Å². The number of carboxylic acid groups (broad SMARTS) is 1. The Hall–Kier alpha value is -1.21. The fourth-order valence-corrected chi connectivity index (χ4v) is 2.01. The molecule has 0 spiro atoms. The Morgan fingerprint density at radius 3 is 2.60 bits per heavy atom. The highest BCUT2D eigenvalue weighted by molar-refractivity contribution is 8.11. The molecule has 0 radical (unpaired) electrons. The molecular formula is C8H11NO5S. The van der Waals surface area contributed by atoms with Crippen LogP contribution in [0.1, 0.15) is 13.8 Å². The molecule has 0 saturated heterocycles. The van der Waals surface area contributed by atoms with Crippen LogP contribution in [0.2, 0.25) is 0 Å². The highest BCUT2D eigenvalue weighted by atomic mass is 32.2. The number of rotatable bonds is 4. The molecule has 0 bridgehead atoms. The van der Waals surface area contributed by atoms with Crippen LogP contribution in [-0.4, -0.2) is 37.2 Å². The number of carbonyl (C=O) groups is 1.